The minimum absolute atomic E-state index is 0.0222. The molecule has 0 saturated carbocycles. The monoisotopic (exact) mass is 348 g/mol. The van der Waals surface area contributed by atoms with Crippen LogP contribution in [-0.4, -0.2) is 43.7 Å². The summed E-state index contributed by atoms with van der Waals surface area (Å²) in [5, 5.41) is 8.63. The number of para-hydroxylation sites is 1. The zero-order valence-corrected chi connectivity index (χ0v) is 15.3. The second-order valence-electron chi connectivity index (χ2n) is 5.67. The molecule has 0 unspecified atom stereocenters. The zero-order chi connectivity index (χ0) is 17.5. The Balaban J connectivity index is 1.92. The lowest BCUT2D eigenvalue weighted by atomic mass is 10.0. The molecular weight excluding hydrogens is 324 g/mol. The van der Waals surface area contributed by atoms with E-state index in [-0.39, 0.29) is 12.1 Å². The first-order valence-corrected chi connectivity index (χ1v) is 8.61. The molecule has 2 aromatic rings. The van der Waals surface area contributed by atoms with Gasteiger partial charge in [0.25, 0.3) is 0 Å². The Morgan fingerprint density at radius 3 is 2.71 bits per heavy atom. The Labute approximate surface area is 146 Å². The maximum Gasteiger partial charge on any atom is 0.315 e. The molecule has 0 aliphatic heterocycles. The fourth-order valence-electron chi connectivity index (χ4n) is 2.40. The van der Waals surface area contributed by atoms with Gasteiger partial charge >= 0.3 is 6.03 Å². The molecule has 2 rings (SSSR count). The zero-order valence-electron chi connectivity index (χ0n) is 14.5. The number of ether oxygens (including phenoxy) is 1. The number of amides is 2. The van der Waals surface area contributed by atoms with Crippen LogP contribution in [0.25, 0.3) is 0 Å². The average molecular weight is 348 g/mol. The number of thiazole rings is 1. The smallest absolute Gasteiger partial charge is 0.315 e. The maximum atomic E-state index is 12.0. The van der Waals surface area contributed by atoms with Crippen LogP contribution in [0, 0.1) is 6.92 Å². The van der Waals surface area contributed by atoms with E-state index in [1.807, 2.05) is 50.7 Å². The van der Waals surface area contributed by atoms with Gasteiger partial charge in [-0.25, -0.2) is 9.78 Å². The van der Waals surface area contributed by atoms with E-state index in [0.29, 0.717) is 13.1 Å². The molecule has 0 bridgehead atoms. The summed E-state index contributed by atoms with van der Waals surface area (Å²) in [6, 6.07) is 7.67. The number of hydrogen-bond donors (Lipinski definition) is 2. The lowest BCUT2D eigenvalue weighted by Gasteiger charge is -2.26. The quantitative estimate of drug-likeness (QED) is 0.807. The minimum Gasteiger partial charge on any atom is -0.496 e. The average Bonchev–Trinajstić information content (AvgIpc) is 2.98. The fourth-order valence-corrected chi connectivity index (χ4v) is 3.12. The van der Waals surface area contributed by atoms with Crippen LogP contribution in [-0.2, 0) is 6.54 Å². The molecule has 1 aromatic heterocycles. The first-order chi connectivity index (χ1) is 11.5. The van der Waals surface area contributed by atoms with Gasteiger partial charge in [-0.3, -0.25) is 0 Å². The van der Waals surface area contributed by atoms with E-state index in [1.165, 1.54) is 0 Å². The number of hydrogen-bond acceptors (Lipinski definition) is 5. The number of carbonyl (C=O) groups is 1. The van der Waals surface area contributed by atoms with Crippen LogP contribution in [0.1, 0.15) is 22.3 Å². The molecule has 0 spiro atoms. The van der Waals surface area contributed by atoms with Gasteiger partial charge in [0.2, 0.25) is 0 Å². The molecule has 0 aliphatic carbocycles. The molecule has 2 N–H and O–H groups in total. The summed E-state index contributed by atoms with van der Waals surface area (Å²) < 4.78 is 5.43. The number of urea groups is 1. The largest absolute Gasteiger partial charge is 0.496 e. The first kappa shape index (κ1) is 18.2. The van der Waals surface area contributed by atoms with Crippen molar-refractivity contribution in [3.63, 3.8) is 0 Å². The summed E-state index contributed by atoms with van der Waals surface area (Å²) in [7, 11) is 5.62. The SMILES string of the molecule is COc1ccccc1[C@@H](CNC(=O)NCc1nc(C)cs1)N(C)C. The summed E-state index contributed by atoms with van der Waals surface area (Å²) >= 11 is 1.54. The van der Waals surface area contributed by atoms with Gasteiger partial charge in [-0.15, -0.1) is 11.3 Å². The van der Waals surface area contributed by atoms with Crippen molar-refractivity contribution in [2.24, 2.45) is 0 Å². The van der Waals surface area contributed by atoms with Crippen molar-refractivity contribution in [1.29, 1.82) is 0 Å². The maximum absolute atomic E-state index is 12.0. The van der Waals surface area contributed by atoms with Crippen molar-refractivity contribution >= 4 is 17.4 Å². The molecule has 7 heteroatoms. The third kappa shape index (κ3) is 4.94. The fraction of sp³-hybridized carbons (Fsp3) is 0.412. The highest BCUT2D eigenvalue weighted by molar-refractivity contribution is 7.09. The second-order valence-corrected chi connectivity index (χ2v) is 6.61. The van der Waals surface area contributed by atoms with E-state index in [4.69, 9.17) is 4.74 Å². The summed E-state index contributed by atoms with van der Waals surface area (Å²) in [6.07, 6.45) is 0. The molecule has 1 heterocycles. The van der Waals surface area contributed by atoms with Crippen molar-refractivity contribution in [2.75, 3.05) is 27.7 Å². The molecule has 130 valence electrons. The highest BCUT2D eigenvalue weighted by Gasteiger charge is 2.18. The van der Waals surface area contributed by atoms with E-state index < -0.39 is 0 Å². The molecule has 1 aromatic carbocycles. The number of rotatable bonds is 7. The standard InChI is InChI=1S/C17H24N4O2S/c1-12-11-24-16(20-12)10-19-17(22)18-9-14(21(2)3)13-7-5-6-8-15(13)23-4/h5-8,11,14H,9-10H2,1-4H3,(H2,18,19,22)/t14-/m1/s1. The highest BCUT2D eigenvalue weighted by atomic mass is 32.1. The molecule has 0 aliphatic rings. The first-order valence-electron chi connectivity index (χ1n) is 7.73. The number of methoxy groups -OCH3 is 1. The van der Waals surface area contributed by atoms with Gasteiger partial charge in [0.1, 0.15) is 10.8 Å². The summed E-state index contributed by atoms with van der Waals surface area (Å²) in [5.41, 5.74) is 2.02. The number of aryl methyl sites for hydroxylation is 1. The van der Waals surface area contributed by atoms with Crippen LogP contribution in [0.4, 0.5) is 4.79 Å². The Morgan fingerprint density at radius 2 is 2.08 bits per heavy atom. The minimum atomic E-state index is -0.204. The van der Waals surface area contributed by atoms with Crippen molar-refractivity contribution < 1.29 is 9.53 Å². The lowest BCUT2D eigenvalue weighted by Crippen LogP contribution is -2.40. The van der Waals surface area contributed by atoms with E-state index in [0.717, 1.165) is 22.0 Å². The number of benzene rings is 1. The number of nitrogens with zero attached hydrogens (tertiary/aromatic N) is 2. The Kier molecular flexibility index (Phi) is 6.57. The molecule has 24 heavy (non-hydrogen) atoms. The van der Waals surface area contributed by atoms with Crippen molar-refractivity contribution in [3.05, 3.63) is 45.9 Å². The third-order valence-electron chi connectivity index (χ3n) is 3.64. The third-order valence-corrected chi connectivity index (χ3v) is 4.61. The van der Waals surface area contributed by atoms with E-state index in [2.05, 4.69) is 20.5 Å². The van der Waals surface area contributed by atoms with Crippen molar-refractivity contribution in [2.45, 2.75) is 19.5 Å². The molecule has 0 fully saturated rings. The molecule has 0 radical (unpaired) electrons. The van der Waals surface area contributed by atoms with Crippen LogP contribution in [0.15, 0.2) is 29.6 Å². The number of carbonyl (C=O) groups excluding carboxylic acids is 1. The van der Waals surface area contributed by atoms with E-state index in [9.17, 15) is 4.79 Å². The van der Waals surface area contributed by atoms with E-state index in [1.54, 1.807) is 18.4 Å². The van der Waals surface area contributed by atoms with Gasteiger partial charge in [0.05, 0.1) is 19.7 Å². The van der Waals surface area contributed by atoms with Crippen molar-refractivity contribution in [3.8, 4) is 5.75 Å². The Morgan fingerprint density at radius 1 is 1.33 bits per heavy atom. The summed E-state index contributed by atoms with van der Waals surface area (Å²) in [4.78, 5) is 18.4. The van der Waals surface area contributed by atoms with Gasteiger partial charge in [-0.2, -0.15) is 0 Å². The molecule has 2 amide bonds. The number of likely N-dealkylation sites (N-methyl/N-ethyl adjacent to an activating group) is 1. The number of nitrogens with one attached hydrogen (secondary N) is 2. The van der Waals surface area contributed by atoms with Gasteiger partial charge in [0, 0.05) is 23.2 Å². The van der Waals surface area contributed by atoms with Gasteiger partial charge in [-0.05, 0) is 27.1 Å². The number of aromatic nitrogens is 1. The lowest BCUT2D eigenvalue weighted by molar-refractivity contribution is 0.231. The van der Waals surface area contributed by atoms with Crippen LogP contribution in [0.5, 0.6) is 5.75 Å². The predicted molar refractivity (Wildman–Crippen MR) is 96.5 cm³/mol. The molecule has 6 nitrogen and oxygen atoms in total. The van der Waals surface area contributed by atoms with Crippen LogP contribution in [0.3, 0.4) is 0 Å². The molecule has 0 saturated heterocycles. The molecule has 1 atom stereocenters. The van der Waals surface area contributed by atoms with Gasteiger partial charge in [0.15, 0.2) is 0 Å². The van der Waals surface area contributed by atoms with Gasteiger partial charge in [-0.1, -0.05) is 18.2 Å². The van der Waals surface area contributed by atoms with Crippen LogP contribution in [0.2, 0.25) is 0 Å². The Hall–Kier alpha value is -2.12. The van der Waals surface area contributed by atoms with E-state index >= 15 is 0 Å². The van der Waals surface area contributed by atoms with Crippen LogP contribution < -0.4 is 15.4 Å². The predicted octanol–water partition coefficient (Wildman–Crippen LogP) is 2.56. The normalized spacial score (nSPS) is 12.0. The second kappa shape index (κ2) is 8.65. The summed E-state index contributed by atoms with van der Waals surface area (Å²) in [6.45, 7) is 2.86. The van der Waals surface area contributed by atoms with Crippen molar-refractivity contribution in [1.82, 2.24) is 20.5 Å². The molecular formula is C17H24N4O2S. The Bertz CT molecular complexity index is 672. The van der Waals surface area contributed by atoms with Crippen LogP contribution >= 0.6 is 11.3 Å². The summed E-state index contributed by atoms with van der Waals surface area (Å²) in [5.74, 6) is 0.816. The van der Waals surface area contributed by atoms with Gasteiger partial charge < -0.3 is 20.3 Å². The highest BCUT2D eigenvalue weighted by Crippen LogP contribution is 2.27. The topological polar surface area (TPSA) is 66.5 Å².